The number of nitrogens with zero attached hydrogens (tertiary/aromatic N) is 2. The standard InChI is InChI=1S/C14H15BrN4O/c1-8-3-2-4-9(7-8)10-5-6-17-14-11(15)12(13(16)20)18-19(10)14/h2-4,7,10,17H,5-6H2,1H3,(H2,16,20). The zero-order chi connectivity index (χ0) is 14.3. The van der Waals surface area contributed by atoms with Crippen molar-refractivity contribution in [1.82, 2.24) is 9.78 Å². The van der Waals surface area contributed by atoms with E-state index in [9.17, 15) is 4.79 Å². The molecule has 1 amide bonds. The van der Waals surface area contributed by atoms with Crippen LogP contribution < -0.4 is 11.1 Å². The number of aromatic nitrogens is 2. The molecule has 2 aromatic rings. The number of hydrogen-bond donors (Lipinski definition) is 2. The Morgan fingerprint density at radius 1 is 1.55 bits per heavy atom. The number of aryl methyl sites for hydroxylation is 1. The number of carbonyl (C=O) groups is 1. The van der Waals surface area contributed by atoms with Gasteiger partial charge in [0.15, 0.2) is 5.69 Å². The first-order valence-corrected chi connectivity index (χ1v) is 7.25. The second kappa shape index (κ2) is 4.94. The summed E-state index contributed by atoms with van der Waals surface area (Å²) in [5, 5.41) is 7.64. The predicted octanol–water partition coefficient (Wildman–Crippen LogP) is 2.46. The number of primary amides is 1. The van der Waals surface area contributed by atoms with Crippen molar-refractivity contribution in [3.63, 3.8) is 0 Å². The zero-order valence-electron chi connectivity index (χ0n) is 11.1. The lowest BCUT2D eigenvalue weighted by Gasteiger charge is -2.26. The molecule has 0 bridgehead atoms. The summed E-state index contributed by atoms with van der Waals surface area (Å²) in [6.07, 6.45) is 0.919. The summed E-state index contributed by atoms with van der Waals surface area (Å²) in [5.41, 5.74) is 8.04. The van der Waals surface area contributed by atoms with E-state index in [1.54, 1.807) is 0 Å². The molecule has 1 aromatic heterocycles. The molecule has 1 atom stereocenters. The van der Waals surface area contributed by atoms with Gasteiger partial charge in [-0.1, -0.05) is 29.8 Å². The molecule has 20 heavy (non-hydrogen) atoms. The van der Waals surface area contributed by atoms with E-state index in [0.29, 0.717) is 4.47 Å². The molecule has 1 aliphatic heterocycles. The van der Waals surface area contributed by atoms with Gasteiger partial charge in [0.05, 0.1) is 10.5 Å². The minimum atomic E-state index is -0.524. The van der Waals surface area contributed by atoms with Gasteiger partial charge in [-0.3, -0.25) is 4.79 Å². The van der Waals surface area contributed by atoms with Crippen molar-refractivity contribution in [2.75, 3.05) is 11.9 Å². The third-order valence-electron chi connectivity index (χ3n) is 3.52. The number of fused-ring (bicyclic) bond motifs is 1. The molecule has 104 valence electrons. The van der Waals surface area contributed by atoms with Crippen molar-refractivity contribution < 1.29 is 4.79 Å². The molecule has 1 aromatic carbocycles. The Morgan fingerprint density at radius 2 is 2.35 bits per heavy atom. The maximum Gasteiger partial charge on any atom is 0.270 e. The van der Waals surface area contributed by atoms with Crippen LogP contribution in [0.3, 0.4) is 0 Å². The van der Waals surface area contributed by atoms with Gasteiger partial charge in [0.2, 0.25) is 0 Å². The van der Waals surface area contributed by atoms with Crippen LogP contribution >= 0.6 is 15.9 Å². The molecular weight excluding hydrogens is 320 g/mol. The summed E-state index contributed by atoms with van der Waals surface area (Å²) in [5.74, 6) is 0.292. The van der Waals surface area contributed by atoms with E-state index in [4.69, 9.17) is 5.73 Å². The number of hydrogen-bond acceptors (Lipinski definition) is 3. The fourth-order valence-corrected chi connectivity index (χ4v) is 3.19. The van der Waals surface area contributed by atoms with Crippen LogP contribution in [-0.4, -0.2) is 22.2 Å². The SMILES string of the molecule is Cc1cccc(C2CCNc3c(Br)c(C(N)=O)nn32)c1. The van der Waals surface area contributed by atoms with Gasteiger partial charge in [0.25, 0.3) is 5.91 Å². The fraction of sp³-hybridized carbons (Fsp3) is 0.286. The molecule has 0 saturated heterocycles. The second-order valence-electron chi connectivity index (χ2n) is 4.97. The highest BCUT2D eigenvalue weighted by molar-refractivity contribution is 9.10. The lowest BCUT2D eigenvalue weighted by Crippen LogP contribution is -2.24. The zero-order valence-corrected chi connectivity index (χ0v) is 12.6. The minimum absolute atomic E-state index is 0.121. The lowest BCUT2D eigenvalue weighted by molar-refractivity contribution is 0.0994. The second-order valence-corrected chi connectivity index (χ2v) is 5.76. The Bertz CT molecular complexity index is 680. The number of carbonyl (C=O) groups excluding carboxylic acids is 1. The summed E-state index contributed by atoms with van der Waals surface area (Å²) in [6.45, 7) is 2.90. The van der Waals surface area contributed by atoms with Gasteiger partial charge >= 0.3 is 0 Å². The summed E-state index contributed by atoms with van der Waals surface area (Å²) in [7, 11) is 0. The molecule has 3 N–H and O–H groups in total. The van der Waals surface area contributed by atoms with E-state index in [1.807, 2.05) is 10.7 Å². The van der Waals surface area contributed by atoms with Crippen LogP contribution in [0, 0.1) is 6.92 Å². The fourth-order valence-electron chi connectivity index (χ4n) is 2.59. The number of anilines is 1. The third kappa shape index (κ3) is 2.10. The van der Waals surface area contributed by atoms with Crippen molar-refractivity contribution in [3.8, 4) is 0 Å². The molecule has 5 nitrogen and oxygen atoms in total. The van der Waals surface area contributed by atoms with Crippen LogP contribution in [0.4, 0.5) is 5.82 Å². The van der Waals surface area contributed by atoms with Gasteiger partial charge < -0.3 is 11.1 Å². The maximum absolute atomic E-state index is 11.4. The number of nitrogens with two attached hydrogens (primary N) is 1. The molecule has 1 aliphatic rings. The highest BCUT2D eigenvalue weighted by atomic mass is 79.9. The molecule has 6 heteroatoms. The van der Waals surface area contributed by atoms with Gasteiger partial charge in [-0.25, -0.2) is 4.68 Å². The van der Waals surface area contributed by atoms with E-state index < -0.39 is 5.91 Å². The maximum atomic E-state index is 11.4. The average Bonchev–Trinajstić information content (AvgIpc) is 2.76. The van der Waals surface area contributed by atoms with Crippen molar-refractivity contribution in [3.05, 3.63) is 45.6 Å². The van der Waals surface area contributed by atoms with Crippen molar-refractivity contribution >= 4 is 27.7 Å². The topological polar surface area (TPSA) is 72.9 Å². The van der Waals surface area contributed by atoms with Crippen molar-refractivity contribution in [2.24, 2.45) is 5.73 Å². The first kappa shape index (κ1) is 13.2. The molecule has 2 heterocycles. The van der Waals surface area contributed by atoms with Gasteiger partial charge in [-0.2, -0.15) is 5.10 Å². The largest absolute Gasteiger partial charge is 0.369 e. The molecule has 3 rings (SSSR count). The first-order chi connectivity index (χ1) is 9.58. The first-order valence-electron chi connectivity index (χ1n) is 6.46. The smallest absolute Gasteiger partial charge is 0.270 e. The highest BCUT2D eigenvalue weighted by Crippen LogP contribution is 2.35. The number of benzene rings is 1. The highest BCUT2D eigenvalue weighted by Gasteiger charge is 2.28. The van der Waals surface area contributed by atoms with Crippen LogP contribution in [-0.2, 0) is 0 Å². The van der Waals surface area contributed by atoms with E-state index >= 15 is 0 Å². The van der Waals surface area contributed by atoms with Crippen LogP contribution in [0.15, 0.2) is 28.7 Å². The molecular formula is C14H15BrN4O. The quantitative estimate of drug-likeness (QED) is 0.885. The van der Waals surface area contributed by atoms with E-state index in [1.165, 1.54) is 11.1 Å². The molecule has 1 unspecified atom stereocenters. The van der Waals surface area contributed by atoms with E-state index in [2.05, 4.69) is 51.5 Å². The Hall–Kier alpha value is -1.82. The Morgan fingerprint density at radius 3 is 3.05 bits per heavy atom. The lowest BCUT2D eigenvalue weighted by atomic mass is 10.0. The summed E-state index contributed by atoms with van der Waals surface area (Å²) >= 11 is 3.41. The summed E-state index contributed by atoms with van der Waals surface area (Å²) in [4.78, 5) is 11.4. The normalized spacial score (nSPS) is 17.4. The average molecular weight is 335 g/mol. The van der Waals surface area contributed by atoms with Gasteiger partial charge in [0, 0.05) is 6.54 Å². The molecule has 0 saturated carbocycles. The van der Waals surface area contributed by atoms with Crippen LogP contribution in [0.2, 0.25) is 0 Å². The predicted molar refractivity (Wildman–Crippen MR) is 80.9 cm³/mol. The minimum Gasteiger partial charge on any atom is -0.369 e. The van der Waals surface area contributed by atoms with Crippen molar-refractivity contribution in [1.29, 1.82) is 0 Å². The van der Waals surface area contributed by atoms with E-state index in [0.717, 1.165) is 18.8 Å². The molecule has 0 aliphatic carbocycles. The number of nitrogens with one attached hydrogen (secondary N) is 1. The Balaban J connectivity index is 2.10. The number of halogens is 1. The summed E-state index contributed by atoms with van der Waals surface area (Å²) in [6, 6.07) is 8.47. The van der Waals surface area contributed by atoms with Crippen LogP contribution in [0.25, 0.3) is 0 Å². The molecule has 0 radical (unpaired) electrons. The molecule has 0 spiro atoms. The Labute approximate surface area is 125 Å². The van der Waals surface area contributed by atoms with Gasteiger partial charge in [-0.15, -0.1) is 0 Å². The number of rotatable bonds is 2. The van der Waals surface area contributed by atoms with Crippen LogP contribution in [0.5, 0.6) is 0 Å². The molecule has 0 fully saturated rings. The number of amides is 1. The Kier molecular flexibility index (Phi) is 3.25. The summed E-state index contributed by atoms with van der Waals surface area (Å²) < 4.78 is 2.49. The van der Waals surface area contributed by atoms with Crippen LogP contribution in [0.1, 0.15) is 34.1 Å². The van der Waals surface area contributed by atoms with Crippen molar-refractivity contribution in [2.45, 2.75) is 19.4 Å². The van der Waals surface area contributed by atoms with Gasteiger partial charge in [0.1, 0.15) is 5.82 Å². The third-order valence-corrected chi connectivity index (χ3v) is 4.27. The van der Waals surface area contributed by atoms with Gasteiger partial charge in [-0.05, 0) is 34.8 Å². The monoisotopic (exact) mass is 334 g/mol. The van der Waals surface area contributed by atoms with E-state index in [-0.39, 0.29) is 11.7 Å².